The maximum absolute atomic E-state index is 13.3. The monoisotopic (exact) mass is 435 g/mol. The van der Waals surface area contributed by atoms with Gasteiger partial charge < -0.3 is 0 Å². The Hall–Kier alpha value is -3.50. The molecule has 0 amide bonds. The number of hydrogen-bond acceptors (Lipinski definition) is 3. The topological polar surface area (TPSA) is 38.5 Å². The Balaban J connectivity index is 1.59. The molecule has 1 aliphatic rings. The molecule has 0 spiro atoms. The summed E-state index contributed by atoms with van der Waals surface area (Å²) in [5.74, 6) is 0.456. The van der Waals surface area contributed by atoms with Crippen LogP contribution in [-0.2, 0) is 6.42 Å². The zero-order valence-corrected chi connectivity index (χ0v) is 18.3. The van der Waals surface area contributed by atoms with Gasteiger partial charge in [-0.05, 0) is 58.2 Å². The first-order valence-electron chi connectivity index (χ1n) is 10.9. The fourth-order valence-corrected chi connectivity index (χ4v) is 6.12. The number of thiazole rings is 1. The summed E-state index contributed by atoms with van der Waals surface area (Å²) < 4.78 is 1.64. The second-order valence-electron chi connectivity index (χ2n) is 8.45. The van der Waals surface area contributed by atoms with E-state index in [2.05, 4.69) is 42.5 Å². The quantitative estimate of drug-likeness (QED) is 0.297. The number of nitrogens with zero attached hydrogens (tertiary/aromatic N) is 1. The maximum atomic E-state index is 13.3. The Morgan fingerprint density at radius 3 is 2.44 bits per heavy atom. The molecule has 0 saturated heterocycles. The lowest BCUT2D eigenvalue weighted by molar-refractivity contribution is 0.111. The van der Waals surface area contributed by atoms with E-state index in [0.29, 0.717) is 18.0 Å². The zero-order chi connectivity index (χ0) is 21.7. The molecule has 0 radical (unpaired) electrons. The second kappa shape index (κ2) is 7.57. The van der Waals surface area contributed by atoms with Gasteiger partial charge in [-0.25, -0.2) is 0 Å². The Morgan fingerprint density at radius 1 is 0.906 bits per heavy atom. The minimum atomic E-state index is -0.125. The van der Waals surface area contributed by atoms with E-state index in [1.54, 1.807) is 21.8 Å². The van der Waals surface area contributed by atoms with Crippen molar-refractivity contribution in [1.82, 2.24) is 4.40 Å². The van der Waals surface area contributed by atoms with E-state index in [0.717, 1.165) is 40.0 Å². The SMILES string of the molecule is O=Cc1c(-c2ccccc2)sc2c(C3CC3)c(Cc3cccc4ccccc34)cc(=O)n12. The molecule has 3 nitrogen and oxygen atoms in total. The smallest absolute Gasteiger partial charge is 0.256 e. The van der Waals surface area contributed by atoms with Crippen LogP contribution in [0.15, 0.2) is 83.7 Å². The molecule has 0 N–H and O–H groups in total. The molecule has 156 valence electrons. The van der Waals surface area contributed by atoms with Crippen LogP contribution in [0.4, 0.5) is 0 Å². The van der Waals surface area contributed by atoms with E-state index < -0.39 is 0 Å². The number of carbonyl (C=O) groups excluding carboxylic acids is 1. The molecule has 32 heavy (non-hydrogen) atoms. The first-order chi connectivity index (χ1) is 15.7. The molecule has 0 bridgehead atoms. The van der Waals surface area contributed by atoms with Crippen LogP contribution in [0.2, 0.25) is 0 Å². The van der Waals surface area contributed by atoms with Crippen molar-refractivity contribution in [1.29, 1.82) is 0 Å². The van der Waals surface area contributed by atoms with E-state index in [1.165, 1.54) is 21.9 Å². The van der Waals surface area contributed by atoms with Gasteiger partial charge in [-0.2, -0.15) is 0 Å². The lowest BCUT2D eigenvalue weighted by Crippen LogP contribution is -2.17. The number of hydrogen-bond donors (Lipinski definition) is 0. The number of benzene rings is 3. The molecular weight excluding hydrogens is 414 g/mol. The van der Waals surface area contributed by atoms with Crippen LogP contribution in [0, 0.1) is 0 Å². The van der Waals surface area contributed by atoms with Crippen molar-refractivity contribution in [3.63, 3.8) is 0 Å². The molecule has 6 rings (SSSR count). The lowest BCUT2D eigenvalue weighted by atomic mass is 9.95. The van der Waals surface area contributed by atoms with Crippen molar-refractivity contribution in [2.45, 2.75) is 25.2 Å². The second-order valence-corrected chi connectivity index (χ2v) is 9.45. The van der Waals surface area contributed by atoms with Gasteiger partial charge in [-0.15, -0.1) is 11.3 Å². The third-order valence-corrected chi connectivity index (χ3v) is 7.61. The van der Waals surface area contributed by atoms with E-state index >= 15 is 0 Å². The molecular formula is C28H21NO2S. The summed E-state index contributed by atoms with van der Waals surface area (Å²) in [4.78, 5) is 27.2. The molecule has 0 unspecified atom stereocenters. The van der Waals surface area contributed by atoms with Gasteiger partial charge in [0.05, 0.1) is 4.88 Å². The van der Waals surface area contributed by atoms with Gasteiger partial charge in [0, 0.05) is 6.07 Å². The van der Waals surface area contributed by atoms with Gasteiger partial charge >= 0.3 is 0 Å². The normalized spacial score (nSPS) is 13.6. The fraction of sp³-hybridized carbons (Fsp3) is 0.143. The predicted molar refractivity (Wildman–Crippen MR) is 131 cm³/mol. The van der Waals surface area contributed by atoms with E-state index in [4.69, 9.17) is 0 Å². The summed E-state index contributed by atoms with van der Waals surface area (Å²) in [6.07, 6.45) is 3.80. The average Bonchev–Trinajstić information content (AvgIpc) is 3.58. The van der Waals surface area contributed by atoms with Gasteiger partial charge in [0.1, 0.15) is 10.5 Å². The predicted octanol–water partition coefficient (Wildman–Crippen LogP) is 6.46. The van der Waals surface area contributed by atoms with E-state index in [-0.39, 0.29) is 5.56 Å². The maximum Gasteiger partial charge on any atom is 0.256 e. The molecule has 1 fully saturated rings. The lowest BCUT2D eigenvalue weighted by Gasteiger charge is -2.12. The number of pyridine rings is 1. The van der Waals surface area contributed by atoms with Gasteiger partial charge in [-0.3, -0.25) is 14.0 Å². The number of aldehydes is 1. The van der Waals surface area contributed by atoms with Crippen molar-refractivity contribution in [3.8, 4) is 10.4 Å². The Morgan fingerprint density at radius 2 is 1.66 bits per heavy atom. The molecule has 5 aromatic rings. The molecule has 1 saturated carbocycles. The Labute approximate surface area is 189 Å². The van der Waals surface area contributed by atoms with Crippen molar-refractivity contribution >= 4 is 33.2 Å². The molecule has 4 heteroatoms. The van der Waals surface area contributed by atoms with E-state index in [9.17, 15) is 9.59 Å². The van der Waals surface area contributed by atoms with Gasteiger partial charge in [0.15, 0.2) is 6.29 Å². The standard InChI is InChI=1S/C28H21NO2S/c30-17-24-27(20-8-2-1-3-9-20)32-28-26(19-13-14-19)22(16-25(31)29(24)28)15-21-11-6-10-18-7-4-5-12-23(18)21/h1-12,16-17,19H,13-15H2. The third-order valence-electron chi connectivity index (χ3n) is 6.36. The number of aromatic nitrogens is 1. The number of carbonyl (C=O) groups is 1. The number of rotatable bonds is 5. The summed E-state index contributed by atoms with van der Waals surface area (Å²) in [6, 6.07) is 26.4. The van der Waals surface area contributed by atoms with Crippen LogP contribution in [0.1, 0.15) is 45.9 Å². The number of fused-ring (bicyclic) bond motifs is 2. The highest BCUT2D eigenvalue weighted by atomic mass is 32.1. The van der Waals surface area contributed by atoms with Crippen LogP contribution >= 0.6 is 11.3 Å². The fourth-order valence-electron chi connectivity index (χ4n) is 4.74. The van der Waals surface area contributed by atoms with Crippen LogP contribution in [0.25, 0.3) is 26.0 Å². The van der Waals surface area contributed by atoms with Crippen molar-refractivity contribution in [2.24, 2.45) is 0 Å². The van der Waals surface area contributed by atoms with Crippen molar-refractivity contribution < 1.29 is 4.79 Å². The Kier molecular flexibility index (Phi) is 4.54. The molecule has 1 aliphatic carbocycles. The molecule has 3 aromatic carbocycles. The van der Waals surface area contributed by atoms with Crippen molar-refractivity contribution in [2.75, 3.05) is 0 Å². The summed E-state index contributed by atoms with van der Waals surface area (Å²) in [5.41, 5.74) is 4.87. The summed E-state index contributed by atoms with van der Waals surface area (Å²) in [6.45, 7) is 0. The van der Waals surface area contributed by atoms with E-state index in [1.807, 2.05) is 30.3 Å². The minimum absolute atomic E-state index is 0.125. The third kappa shape index (κ3) is 3.10. The minimum Gasteiger partial charge on any atom is -0.296 e. The molecule has 0 aliphatic heterocycles. The van der Waals surface area contributed by atoms with Crippen molar-refractivity contribution in [3.05, 3.63) is 112 Å². The Bertz CT molecular complexity index is 1540. The highest BCUT2D eigenvalue weighted by Gasteiger charge is 2.31. The molecule has 2 aromatic heterocycles. The largest absolute Gasteiger partial charge is 0.296 e. The highest BCUT2D eigenvalue weighted by molar-refractivity contribution is 7.21. The van der Waals surface area contributed by atoms with Gasteiger partial charge in [0.2, 0.25) is 0 Å². The molecule has 2 heterocycles. The van der Waals surface area contributed by atoms with Crippen LogP contribution in [0.3, 0.4) is 0 Å². The molecule has 0 atom stereocenters. The summed E-state index contributed by atoms with van der Waals surface area (Å²) >= 11 is 1.57. The highest BCUT2D eigenvalue weighted by Crippen LogP contribution is 2.46. The van der Waals surface area contributed by atoms with Crippen LogP contribution < -0.4 is 5.56 Å². The van der Waals surface area contributed by atoms with Crippen LogP contribution in [0.5, 0.6) is 0 Å². The van der Waals surface area contributed by atoms with Gasteiger partial charge in [-0.1, -0.05) is 72.8 Å². The first-order valence-corrected chi connectivity index (χ1v) is 11.7. The van der Waals surface area contributed by atoms with Crippen LogP contribution in [-0.4, -0.2) is 10.7 Å². The summed E-state index contributed by atoms with van der Waals surface area (Å²) in [7, 11) is 0. The zero-order valence-electron chi connectivity index (χ0n) is 17.5. The van der Waals surface area contributed by atoms with Gasteiger partial charge in [0.25, 0.3) is 5.56 Å². The summed E-state index contributed by atoms with van der Waals surface area (Å²) in [5, 5.41) is 2.43. The average molecular weight is 436 g/mol. The first kappa shape index (κ1) is 19.2.